The van der Waals surface area contributed by atoms with Crippen molar-refractivity contribution in [3.63, 3.8) is 0 Å². The van der Waals surface area contributed by atoms with Crippen molar-refractivity contribution in [3.8, 4) is 0 Å². The van der Waals surface area contributed by atoms with Crippen molar-refractivity contribution in [1.82, 2.24) is 20.5 Å². The molecule has 0 radical (unpaired) electrons. The van der Waals surface area contributed by atoms with Gasteiger partial charge in [-0.15, -0.1) is 0 Å². The zero-order valence-electron chi connectivity index (χ0n) is 17.9. The molecule has 1 aliphatic heterocycles. The van der Waals surface area contributed by atoms with Gasteiger partial charge in [-0.1, -0.05) is 18.5 Å². The van der Waals surface area contributed by atoms with Crippen molar-refractivity contribution in [3.05, 3.63) is 28.8 Å². The maximum absolute atomic E-state index is 12.9. The van der Waals surface area contributed by atoms with Crippen LogP contribution in [0, 0.1) is 5.92 Å². The smallest absolute Gasteiger partial charge is 0.322 e. The van der Waals surface area contributed by atoms with Gasteiger partial charge in [0.1, 0.15) is 10.4 Å². The summed E-state index contributed by atoms with van der Waals surface area (Å²) < 4.78 is 27.8. The molecule has 3 N–H and O–H groups in total. The standard InChI is InChI=1S/C20H27ClN4O5S/c1-12-7-9-20(10-8-12)17(27)25(18(28)22-20)23-16(26)13-5-6-14(21)15(11-13)31(29,30)24-19(2,3)4/h5-6,11-12,24H,7-10H2,1-4H3,(H,22,28)(H,23,26). The Morgan fingerprint density at radius 3 is 2.42 bits per heavy atom. The van der Waals surface area contributed by atoms with Crippen molar-refractivity contribution in [2.45, 2.75) is 69.4 Å². The van der Waals surface area contributed by atoms with Crippen LogP contribution in [-0.2, 0) is 14.8 Å². The first-order valence-corrected chi connectivity index (χ1v) is 11.9. The number of benzene rings is 1. The Balaban J connectivity index is 1.81. The fourth-order valence-electron chi connectivity index (χ4n) is 3.79. The quantitative estimate of drug-likeness (QED) is 0.583. The zero-order chi connectivity index (χ0) is 23.2. The number of hydrogen-bond acceptors (Lipinski definition) is 5. The molecule has 31 heavy (non-hydrogen) atoms. The van der Waals surface area contributed by atoms with E-state index in [0.717, 1.165) is 18.9 Å². The Morgan fingerprint density at radius 2 is 1.84 bits per heavy atom. The second-order valence-electron chi connectivity index (χ2n) is 9.28. The Hall–Kier alpha value is -2.17. The number of hydrogen-bond donors (Lipinski definition) is 3. The molecule has 1 saturated heterocycles. The first-order chi connectivity index (χ1) is 14.2. The lowest BCUT2D eigenvalue weighted by molar-refractivity contribution is -0.134. The van der Waals surface area contributed by atoms with Gasteiger partial charge in [0.25, 0.3) is 11.8 Å². The molecule has 1 saturated carbocycles. The lowest BCUT2D eigenvalue weighted by atomic mass is 9.77. The first kappa shape index (κ1) is 23.5. The minimum Gasteiger partial charge on any atom is -0.322 e. The van der Waals surface area contributed by atoms with Gasteiger partial charge in [-0.05, 0) is 70.6 Å². The average molecular weight is 471 g/mol. The number of imide groups is 1. The Morgan fingerprint density at radius 1 is 1.23 bits per heavy atom. The maximum Gasteiger partial charge on any atom is 0.344 e. The number of carbonyl (C=O) groups excluding carboxylic acids is 3. The summed E-state index contributed by atoms with van der Waals surface area (Å²) in [6.07, 6.45) is 2.61. The lowest BCUT2D eigenvalue weighted by Crippen LogP contribution is -2.51. The molecule has 0 aromatic heterocycles. The Bertz CT molecular complexity index is 1030. The van der Waals surface area contributed by atoms with E-state index in [1.165, 1.54) is 12.1 Å². The van der Waals surface area contributed by atoms with E-state index in [-0.39, 0.29) is 15.5 Å². The second-order valence-corrected chi connectivity index (χ2v) is 11.3. The third kappa shape index (κ3) is 4.86. The van der Waals surface area contributed by atoms with Gasteiger partial charge in [0.2, 0.25) is 10.0 Å². The maximum atomic E-state index is 12.9. The van der Waals surface area contributed by atoms with Crippen molar-refractivity contribution >= 4 is 39.5 Å². The lowest BCUT2D eigenvalue weighted by Gasteiger charge is -2.33. The third-order valence-corrected chi connectivity index (χ3v) is 7.67. The van der Waals surface area contributed by atoms with Gasteiger partial charge in [-0.3, -0.25) is 15.0 Å². The average Bonchev–Trinajstić information content (AvgIpc) is 2.87. The highest BCUT2D eigenvalue weighted by Crippen LogP contribution is 2.36. The molecular weight excluding hydrogens is 444 g/mol. The number of hydrazine groups is 1. The van der Waals surface area contributed by atoms with Crippen molar-refractivity contribution in [2.24, 2.45) is 5.92 Å². The van der Waals surface area contributed by atoms with Gasteiger partial charge >= 0.3 is 6.03 Å². The second kappa shape index (κ2) is 8.07. The molecule has 1 spiro atoms. The Labute approximate surface area is 186 Å². The van der Waals surface area contributed by atoms with Crippen LogP contribution < -0.4 is 15.5 Å². The SMILES string of the molecule is CC1CCC2(CC1)NC(=O)N(NC(=O)c1ccc(Cl)c(S(=O)(=O)NC(C)(C)C)c1)C2=O. The molecule has 1 aromatic carbocycles. The van der Waals surface area contributed by atoms with Gasteiger partial charge in [0.15, 0.2) is 0 Å². The number of nitrogens with one attached hydrogen (secondary N) is 3. The predicted molar refractivity (Wildman–Crippen MR) is 115 cm³/mol. The van der Waals surface area contributed by atoms with E-state index in [0.29, 0.717) is 23.8 Å². The molecular formula is C20H27ClN4O5S. The van der Waals surface area contributed by atoms with Crippen LogP contribution in [0.15, 0.2) is 23.1 Å². The molecule has 3 rings (SSSR count). The number of sulfonamides is 1. The van der Waals surface area contributed by atoms with E-state index >= 15 is 0 Å². The molecule has 9 nitrogen and oxygen atoms in total. The minimum absolute atomic E-state index is 0.0569. The van der Waals surface area contributed by atoms with Crippen LogP contribution >= 0.6 is 11.6 Å². The summed E-state index contributed by atoms with van der Waals surface area (Å²) in [7, 11) is -4.00. The summed E-state index contributed by atoms with van der Waals surface area (Å²) in [5.41, 5.74) is 0.485. The summed E-state index contributed by atoms with van der Waals surface area (Å²) in [5, 5.41) is 3.33. The van der Waals surface area contributed by atoms with Gasteiger partial charge in [0.05, 0.1) is 5.02 Å². The minimum atomic E-state index is -4.00. The fraction of sp³-hybridized carbons (Fsp3) is 0.550. The van der Waals surface area contributed by atoms with Gasteiger partial charge in [-0.25, -0.2) is 17.9 Å². The number of amides is 4. The molecule has 0 bridgehead atoms. The summed E-state index contributed by atoms with van der Waals surface area (Å²) in [6, 6.07) is 3.01. The van der Waals surface area contributed by atoms with Crippen molar-refractivity contribution in [1.29, 1.82) is 0 Å². The molecule has 0 unspecified atom stereocenters. The van der Waals surface area contributed by atoms with Gasteiger partial charge in [0, 0.05) is 11.1 Å². The molecule has 0 atom stereocenters. The van der Waals surface area contributed by atoms with E-state index in [1.807, 2.05) is 0 Å². The van der Waals surface area contributed by atoms with E-state index in [1.54, 1.807) is 20.8 Å². The highest BCUT2D eigenvalue weighted by Gasteiger charge is 2.53. The summed E-state index contributed by atoms with van der Waals surface area (Å²) in [6.45, 7) is 7.12. The van der Waals surface area contributed by atoms with Crippen LogP contribution in [0.3, 0.4) is 0 Å². The van der Waals surface area contributed by atoms with Crippen LogP contribution in [0.4, 0.5) is 4.79 Å². The molecule has 1 heterocycles. The number of urea groups is 1. The fourth-order valence-corrected chi connectivity index (χ4v) is 5.74. The van der Waals surface area contributed by atoms with Gasteiger partial charge in [-0.2, -0.15) is 5.01 Å². The first-order valence-electron chi connectivity index (χ1n) is 10.1. The van der Waals surface area contributed by atoms with Crippen molar-refractivity contribution < 1.29 is 22.8 Å². The molecule has 1 aromatic rings. The largest absolute Gasteiger partial charge is 0.344 e. The number of nitrogens with zero attached hydrogens (tertiary/aromatic N) is 1. The highest BCUT2D eigenvalue weighted by molar-refractivity contribution is 7.89. The van der Waals surface area contributed by atoms with Crippen LogP contribution in [0.5, 0.6) is 0 Å². The third-order valence-electron chi connectivity index (χ3n) is 5.43. The van der Waals surface area contributed by atoms with Crippen LogP contribution in [-0.4, -0.2) is 42.4 Å². The summed E-state index contributed by atoms with van der Waals surface area (Å²) >= 11 is 6.06. The van der Waals surface area contributed by atoms with E-state index in [2.05, 4.69) is 22.4 Å². The predicted octanol–water partition coefficient (Wildman–Crippen LogP) is 2.56. The summed E-state index contributed by atoms with van der Waals surface area (Å²) in [5.74, 6) is -0.835. The van der Waals surface area contributed by atoms with E-state index < -0.39 is 38.9 Å². The molecule has 2 fully saturated rings. The Kier molecular flexibility index (Phi) is 6.11. The van der Waals surface area contributed by atoms with Crippen LogP contribution in [0.1, 0.15) is 63.7 Å². The van der Waals surface area contributed by atoms with E-state index in [9.17, 15) is 22.8 Å². The number of rotatable bonds is 4. The molecule has 4 amide bonds. The molecule has 2 aliphatic rings. The van der Waals surface area contributed by atoms with Gasteiger partial charge < -0.3 is 5.32 Å². The summed E-state index contributed by atoms with van der Waals surface area (Å²) in [4.78, 5) is 37.8. The highest BCUT2D eigenvalue weighted by atomic mass is 35.5. The molecule has 11 heteroatoms. The van der Waals surface area contributed by atoms with Crippen LogP contribution in [0.25, 0.3) is 0 Å². The van der Waals surface area contributed by atoms with Crippen molar-refractivity contribution in [2.75, 3.05) is 0 Å². The number of halogens is 1. The molecule has 170 valence electrons. The monoisotopic (exact) mass is 470 g/mol. The van der Waals surface area contributed by atoms with Crippen LogP contribution in [0.2, 0.25) is 5.02 Å². The zero-order valence-corrected chi connectivity index (χ0v) is 19.5. The topological polar surface area (TPSA) is 125 Å². The van der Waals surface area contributed by atoms with E-state index in [4.69, 9.17) is 11.6 Å². The molecule has 1 aliphatic carbocycles. The number of carbonyl (C=O) groups is 3. The normalized spacial score (nSPS) is 24.4.